The molecule has 0 aliphatic carbocycles. The number of rotatable bonds is 5. The number of ether oxygens (including phenoxy) is 2. The first-order valence-electron chi connectivity index (χ1n) is 7.22. The summed E-state index contributed by atoms with van der Waals surface area (Å²) in [6.07, 6.45) is 0. The van der Waals surface area contributed by atoms with Gasteiger partial charge in [0.1, 0.15) is 22.9 Å². The van der Waals surface area contributed by atoms with Gasteiger partial charge in [0, 0.05) is 10.6 Å². The Morgan fingerprint density at radius 3 is 2.64 bits per heavy atom. The van der Waals surface area contributed by atoms with Crippen molar-refractivity contribution in [3.63, 3.8) is 0 Å². The zero-order valence-corrected chi connectivity index (χ0v) is 14.2. The molecule has 0 unspecified atom stereocenters. The lowest BCUT2D eigenvalue weighted by Crippen LogP contribution is -2.05. The van der Waals surface area contributed by atoms with Gasteiger partial charge in [0.05, 0.1) is 14.2 Å². The number of aromatic carboxylic acids is 1. The maximum atomic E-state index is 11.6. The van der Waals surface area contributed by atoms with E-state index in [0.717, 1.165) is 0 Å². The fourth-order valence-electron chi connectivity index (χ4n) is 2.45. The predicted molar refractivity (Wildman–Crippen MR) is 91.9 cm³/mol. The molecule has 0 saturated carbocycles. The van der Waals surface area contributed by atoms with Gasteiger partial charge >= 0.3 is 5.97 Å². The standard InChI is InChI=1S/C17H14ClN3O4/c1-24-12-5-3-4-10(8-12)16-15(17(22)23)19-20-21(16)13-9-11(18)6-7-14(13)25-2/h3-9H,1-2H3,(H,22,23). The molecule has 3 aromatic rings. The van der Waals surface area contributed by atoms with Crippen LogP contribution in [0.2, 0.25) is 5.02 Å². The topological polar surface area (TPSA) is 86.5 Å². The lowest BCUT2D eigenvalue weighted by Gasteiger charge is -2.12. The zero-order valence-electron chi connectivity index (χ0n) is 13.4. The van der Waals surface area contributed by atoms with Gasteiger partial charge in [0.15, 0.2) is 5.69 Å². The predicted octanol–water partition coefficient (Wildman–Crippen LogP) is 3.30. The normalized spacial score (nSPS) is 10.5. The second-order valence-corrected chi connectivity index (χ2v) is 5.49. The van der Waals surface area contributed by atoms with Crippen molar-refractivity contribution >= 4 is 17.6 Å². The van der Waals surface area contributed by atoms with Crippen LogP contribution in [-0.4, -0.2) is 40.3 Å². The summed E-state index contributed by atoms with van der Waals surface area (Å²) in [7, 11) is 3.04. The van der Waals surface area contributed by atoms with Gasteiger partial charge in [-0.2, -0.15) is 0 Å². The molecular formula is C17H14ClN3O4. The molecule has 1 aromatic heterocycles. The molecule has 0 atom stereocenters. The average Bonchev–Trinajstić information content (AvgIpc) is 3.07. The summed E-state index contributed by atoms with van der Waals surface area (Å²) in [6, 6.07) is 12.0. The summed E-state index contributed by atoms with van der Waals surface area (Å²) < 4.78 is 12.0. The number of methoxy groups -OCH3 is 2. The first kappa shape index (κ1) is 16.8. The molecular weight excluding hydrogens is 346 g/mol. The molecule has 8 heteroatoms. The Labute approximate surface area is 148 Å². The molecule has 1 N–H and O–H groups in total. The van der Waals surface area contributed by atoms with E-state index in [-0.39, 0.29) is 5.69 Å². The molecule has 0 bridgehead atoms. The minimum absolute atomic E-state index is 0.185. The summed E-state index contributed by atoms with van der Waals surface area (Å²) in [5.41, 5.74) is 1.18. The Hall–Kier alpha value is -3.06. The summed E-state index contributed by atoms with van der Waals surface area (Å²) >= 11 is 6.09. The maximum Gasteiger partial charge on any atom is 0.358 e. The maximum absolute atomic E-state index is 11.6. The minimum Gasteiger partial charge on any atom is -0.497 e. The fraction of sp³-hybridized carbons (Fsp3) is 0.118. The van der Waals surface area contributed by atoms with Crippen molar-refractivity contribution in [1.29, 1.82) is 0 Å². The van der Waals surface area contributed by atoms with E-state index in [2.05, 4.69) is 10.3 Å². The molecule has 25 heavy (non-hydrogen) atoms. The Balaban J connectivity index is 2.29. The highest BCUT2D eigenvalue weighted by atomic mass is 35.5. The summed E-state index contributed by atoms with van der Waals surface area (Å²) in [4.78, 5) is 11.6. The van der Waals surface area contributed by atoms with Crippen LogP contribution in [0.5, 0.6) is 11.5 Å². The second-order valence-electron chi connectivity index (χ2n) is 5.05. The van der Waals surface area contributed by atoms with Gasteiger partial charge in [-0.3, -0.25) is 0 Å². The van der Waals surface area contributed by atoms with E-state index in [9.17, 15) is 9.90 Å². The third-order valence-electron chi connectivity index (χ3n) is 3.59. The van der Waals surface area contributed by atoms with E-state index < -0.39 is 5.97 Å². The van der Waals surface area contributed by atoms with Crippen molar-refractivity contribution in [2.45, 2.75) is 0 Å². The second kappa shape index (κ2) is 6.82. The number of benzene rings is 2. The third-order valence-corrected chi connectivity index (χ3v) is 3.82. The lowest BCUT2D eigenvalue weighted by atomic mass is 10.1. The number of carbonyl (C=O) groups is 1. The Bertz CT molecular complexity index is 939. The van der Waals surface area contributed by atoms with Crippen molar-refractivity contribution in [2.24, 2.45) is 0 Å². The van der Waals surface area contributed by atoms with Gasteiger partial charge in [-0.15, -0.1) is 5.10 Å². The molecule has 1 heterocycles. The average molecular weight is 360 g/mol. The van der Waals surface area contributed by atoms with E-state index in [1.165, 1.54) is 18.9 Å². The lowest BCUT2D eigenvalue weighted by molar-refractivity contribution is 0.0691. The van der Waals surface area contributed by atoms with Gasteiger partial charge in [0.2, 0.25) is 0 Å². The number of aromatic nitrogens is 3. The van der Waals surface area contributed by atoms with Crippen LogP contribution in [0.1, 0.15) is 10.5 Å². The van der Waals surface area contributed by atoms with Crippen LogP contribution in [-0.2, 0) is 0 Å². The van der Waals surface area contributed by atoms with Crippen molar-refractivity contribution in [2.75, 3.05) is 14.2 Å². The highest BCUT2D eigenvalue weighted by Gasteiger charge is 2.23. The molecule has 0 saturated heterocycles. The molecule has 0 amide bonds. The van der Waals surface area contributed by atoms with E-state index >= 15 is 0 Å². The van der Waals surface area contributed by atoms with E-state index in [1.807, 2.05) is 0 Å². The van der Waals surface area contributed by atoms with Crippen LogP contribution in [0.4, 0.5) is 0 Å². The molecule has 128 valence electrons. The Kier molecular flexibility index (Phi) is 4.58. The quantitative estimate of drug-likeness (QED) is 0.752. The number of hydrogen-bond acceptors (Lipinski definition) is 5. The number of halogens is 1. The van der Waals surface area contributed by atoms with Gasteiger partial charge in [-0.25, -0.2) is 9.48 Å². The van der Waals surface area contributed by atoms with Crippen LogP contribution < -0.4 is 9.47 Å². The first-order valence-corrected chi connectivity index (χ1v) is 7.60. The minimum atomic E-state index is -1.19. The number of hydrogen-bond donors (Lipinski definition) is 1. The van der Waals surface area contributed by atoms with Crippen molar-refractivity contribution in [1.82, 2.24) is 15.0 Å². The van der Waals surface area contributed by atoms with E-state index in [1.54, 1.807) is 42.5 Å². The number of carboxylic acids is 1. The van der Waals surface area contributed by atoms with Crippen LogP contribution in [0.25, 0.3) is 16.9 Å². The molecule has 3 rings (SSSR count). The van der Waals surface area contributed by atoms with Crippen LogP contribution in [0, 0.1) is 0 Å². The van der Waals surface area contributed by atoms with Crippen LogP contribution in [0.15, 0.2) is 42.5 Å². The van der Waals surface area contributed by atoms with E-state index in [4.69, 9.17) is 21.1 Å². The Morgan fingerprint density at radius 1 is 1.16 bits per heavy atom. The van der Waals surface area contributed by atoms with Gasteiger partial charge in [-0.1, -0.05) is 28.9 Å². The van der Waals surface area contributed by atoms with Crippen LogP contribution in [0.3, 0.4) is 0 Å². The summed E-state index contributed by atoms with van der Waals surface area (Å²) in [6.45, 7) is 0. The molecule has 0 fully saturated rings. The number of carboxylic acid groups (broad SMARTS) is 1. The number of nitrogens with zero attached hydrogens (tertiary/aromatic N) is 3. The Morgan fingerprint density at radius 2 is 1.96 bits per heavy atom. The van der Waals surface area contributed by atoms with Crippen molar-refractivity contribution < 1.29 is 19.4 Å². The molecule has 0 radical (unpaired) electrons. The monoisotopic (exact) mass is 359 g/mol. The summed E-state index contributed by atoms with van der Waals surface area (Å²) in [5, 5.41) is 17.7. The van der Waals surface area contributed by atoms with Crippen LogP contribution >= 0.6 is 11.6 Å². The van der Waals surface area contributed by atoms with Gasteiger partial charge < -0.3 is 14.6 Å². The van der Waals surface area contributed by atoms with Crippen molar-refractivity contribution in [3.8, 4) is 28.4 Å². The smallest absolute Gasteiger partial charge is 0.358 e. The molecule has 0 aliphatic rings. The summed E-state index contributed by atoms with van der Waals surface area (Å²) in [5.74, 6) is -0.125. The SMILES string of the molecule is COc1cccc(-c2c(C(=O)O)nnn2-c2cc(Cl)ccc2OC)c1. The van der Waals surface area contributed by atoms with E-state index in [0.29, 0.717) is 33.5 Å². The third kappa shape index (κ3) is 3.14. The molecule has 7 nitrogen and oxygen atoms in total. The molecule has 2 aromatic carbocycles. The highest BCUT2D eigenvalue weighted by molar-refractivity contribution is 6.30. The van der Waals surface area contributed by atoms with Gasteiger partial charge in [0.25, 0.3) is 0 Å². The molecule has 0 spiro atoms. The van der Waals surface area contributed by atoms with Crippen molar-refractivity contribution in [3.05, 3.63) is 53.2 Å². The van der Waals surface area contributed by atoms with Gasteiger partial charge in [-0.05, 0) is 30.3 Å². The first-order chi connectivity index (χ1) is 12.0. The zero-order chi connectivity index (χ0) is 18.0. The fourth-order valence-corrected chi connectivity index (χ4v) is 2.62. The molecule has 0 aliphatic heterocycles. The highest BCUT2D eigenvalue weighted by Crippen LogP contribution is 2.32. The largest absolute Gasteiger partial charge is 0.497 e.